The zero-order chi connectivity index (χ0) is 24.1. The first-order valence-electron chi connectivity index (χ1n) is 11.2. The fraction of sp³-hybridized carbons (Fsp3) is 0.458. The molecule has 0 atom stereocenters. The third-order valence-electron chi connectivity index (χ3n) is 6.26. The van der Waals surface area contributed by atoms with E-state index in [-0.39, 0.29) is 17.2 Å². The van der Waals surface area contributed by atoms with E-state index in [1.807, 2.05) is 23.1 Å². The Hall–Kier alpha value is -3.37. The van der Waals surface area contributed by atoms with Gasteiger partial charge in [0.15, 0.2) is 17.3 Å². The van der Waals surface area contributed by atoms with E-state index < -0.39 is 10.7 Å². The molecule has 1 spiro atoms. The minimum absolute atomic E-state index is 0.0863. The minimum atomic E-state index is -0.557. The molecule has 0 aromatic heterocycles. The van der Waals surface area contributed by atoms with Crippen molar-refractivity contribution in [3.63, 3.8) is 0 Å². The predicted octanol–water partition coefficient (Wildman–Crippen LogP) is 2.93. The molecule has 2 heterocycles. The maximum Gasteiger partial charge on any atom is 0.293 e. The Morgan fingerprint density at radius 2 is 1.79 bits per heavy atom. The van der Waals surface area contributed by atoms with Gasteiger partial charge in [0.05, 0.1) is 32.4 Å². The second-order valence-electron chi connectivity index (χ2n) is 8.25. The zero-order valence-electron chi connectivity index (χ0n) is 19.4. The number of anilines is 1. The van der Waals surface area contributed by atoms with E-state index in [4.69, 9.17) is 18.9 Å². The third-order valence-corrected chi connectivity index (χ3v) is 6.26. The number of nitrogens with one attached hydrogen (secondary N) is 1. The summed E-state index contributed by atoms with van der Waals surface area (Å²) in [6.07, 6.45) is 1.86. The lowest BCUT2D eigenvalue weighted by Gasteiger charge is -2.38. The summed E-state index contributed by atoms with van der Waals surface area (Å²) < 4.78 is 22.0. The summed E-state index contributed by atoms with van der Waals surface area (Å²) in [5, 5.41) is 14.6. The van der Waals surface area contributed by atoms with Gasteiger partial charge in [-0.1, -0.05) is 6.07 Å². The molecule has 2 aromatic rings. The highest BCUT2D eigenvalue weighted by molar-refractivity contribution is 5.95. The summed E-state index contributed by atoms with van der Waals surface area (Å²) in [5.74, 6) is 0.335. The molecule has 0 saturated carbocycles. The molecular formula is C24H29N3O7. The molecule has 2 aromatic carbocycles. The van der Waals surface area contributed by atoms with Crippen molar-refractivity contribution in [2.75, 3.05) is 52.0 Å². The summed E-state index contributed by atoms with van der Waals surface area (Å²) in [7, 11) is 3.14. The zero-order valence-corrected chi connectivity index (χ0v) is 19.4. The third kappa shape index (κ3) is 5.07. The molecule has 10 nitrogen and oxygen atoms in total. The summed E-state index contributed by atoms with van der Waals surface area (Å²) >= 11 is 0. The fourth-order valence-corrected chi connectivity index (χ4v) is 4.41. The van der Waals surface area contributed by atoms with Gasteiger partial charge in [0.1, 0.15) is 5.69 Å². The first-order valence-corrected chi connectivity index (χ1v) is 11.2. The second kappa shape index (κ2) is 10.3. The van der Waals surface area contributed by atoms with E-state index in [1.54, 1.807) is 26.4 Å². The molecule has 2 aliphatic rings. The van der Waals surface area contributed by atoms with Gasteiger partial charge >= 0.3 is 0 Å². The average Bonchev–Trinajstić information content (AvgIpc) is 3.31. The highest BCUT2D eigenvalue weighted by Gasteiger charge is 2.40. The Labute approximate surface area is 197 Å². The molecule has 0 unspecified atom stereocenters. The number of nitro groups is 1. The number of nitrogens with zero attached hydrogens (tertiary/aromatic N) is 2. The maximum atomic E-state index is 12.7. The van der Waals surface area contributed by atoms with Crippen LogP contribution in [-0.2, 0) is 15.9 Å². The lowest BCUT2D eigenvalue weighted by Crippen LogP contribution is -2.45. The number of benzene rings is 2. The van der Waals surface area contributed by atoms with Crippen LogP contribution in [0.2, 0.25) is 0 Å². The monoisotopic (exact) mass is 471 g/mol. The molecule has 182 valence electrons. The number of carbonyl (C=O) groups excluding carboxylic acids is 1. The van der Waals surface area contributed by atoms with Gasteiger partial charge in [-0.25, -0.2) is 0 Å². The quantitative estimate of drug-likeness (QED) is 0.462. The van der Waals surface area contributed by atoms with Gasteiger partial charge in [0, 0.05) is 44.1 Å². The van der Waals surface area contributed by atoms with E-state index in [0.717, 1.165) is 5.56 Å². The van der Waals surface area contributed by atoms with Crippen LogP contribution in [0.1, 0.15) is 28.8 Å². The highest BCUT2D eigenvalue weighted by Crippen LogP contribution is 2.36. The molecule has 1 amide bonds. The van der Waals surface area contributed by atoms with Crippen molar-refractivity contribution in [2.24, 2.45) is 0 Å². The molecule has 1 N–H and O–H groups in total. The summed E-state index contributed by atoms with van der Waals surface area (Å²) in [6.45, 7) is 2.69. The fourth-order valence-electron chi connectivity index (χ4n) is 4.41. The van der Waals surface area contributed by atoms with Crippen LogP contribution in [-0.4, -0.2) is 63.7 Å². The Morgan fingerprint density at radius 3 is 2.44 bits per heavy atom. The molecule has 0 bridgehead atoms. The van der Waals surface area contributed by atoms with E-state index in [0.29, 0.717) is 69.3 Å². The number of hydrogen-bond donors (Lipinski definition) is 1. The largest absolute Gasteiger partial charge is 0.493 e. The molecule has 4 rings (SSSR count). The molecule has 10 heteroatoms. The number of nitro benzene ring substituents is 1. The van der Waals surface area contributed by atoms with Crippen LogP contribution < -0.4 is 19.7 Å². The van der Waals surface area contributed by atoms with Crippen LogP contribution >= 0.6 is 0 Å². The van der Waals surface area contributed by atoms with Crippen LogP contribution in [0.15, 0.2) is 36.4 Å². The number of amides is 1. The average molecular weight is 472 g/mol. The summed E-state index contributed by atoms with van der Waals surface area (Å²) in [4.78, 5) is 26.0. The second-order valence-corrected chi connectivity index (χ2v) is 8.25. The van der Waals surface area contributed by atoms with Crippen molar-refractivity contribution in [1.82, 2.24) is 5.32 Å². The molecule has 2 aliphatic heterocycles. The van der Waals surface area contributed by atoms with Gasteiger partial charge in [-0.15, -0.1) is 0 Å². The Morgan fingerprint density at radius 1 is 1.09 bits per heavy atom. The van der Waals surface area contributed by atoms with Crippen molar-refractivity contribution in [3.05, 3.63) is 57.6 Å². The Kier molecular flexibility index (Phi) is 7.18. The maximum absolute atomic E-state index is 12.7. The summed E-state index contributed by atoms with van der Waals surface area (Å²) in [5.41, 5.74) is 1.63. The number of hydrogen-bond acceptors (Lipinski definition) is 8. The highest BCUT2D eigenvalue weighted by atomic mass is 16.7. The van der Waals surface area contributed by atoms with Crippen molar-refractivity contribution < 1.29 is 28.7 Å². The lowest BCUT2D eigenvalue weighted by molar-refractivity contribution is -0.384. The normalized spacial score (nSPS) is 16.9. The molecule has 0 aliphatic carbocycles. The number of piperidine rings is 1. The van der Waals surface area contributed by atoms with Crippen LogP contribution in [0, 0.1) is 10.1 Å². The molecular weight excluding hydrogens is 442 g/mol. The number of methoxy groups -OCH3 is 2. The van der Waals surface area contributed by atoms with Crippen molar-refractivity contribution in [1.29, 1.82) is 0 Å². The predicted molar refractivity (Wildman–Crippen MR) is 125 cm³/mol. The Bertz CT molecular complexity index is 1040. The lowest BCUT2D eigenvalue weighted by atomic mass is 10.0. The number of ether oxygens (including phenoxy) is 4. The van der Waals surface area contributed by atoms with E-state index in [1.165, 1.54) is 6.07 Å². The molecule has 34 heavy (non-hydrogen) atoms. The van der Waals surface area contributed by atoms with Gasteiger partial charge in [-0.3, -0.25) is 14.9 Å². The van der Waals surface area contributed by atoms with Crippen molar-refractivity contribution in [3.8, 4) is 11.5 Å². The van der Waals surface area contributed by atoms with Crippen LogP contribution in [0.25, 0.3) is 0 Å². The molecule has 2 fully saturated rings. The smallest absolute Gasteiger partial charge is 0.293 e. The van der Waals surface area contributed by atoms with Gasteiger partial charge in [-0.2, -0.15) is 0 Å². The topological polar surface area (TPSA) is 112 Å². The van der Waals surface area contributed by atoms with Crippen LogP contribution in [0.4, 0.5) is 11.4 Å². The SMILES string of the molecule is COc1ccc(CCNC(=O)c2ccc(N3CCC4(CC3)OCCO4)c([N+](=O)[O-])c2)cc1OC. The van der Waals surface area contributed by atoms with Crippen LogP contribution in [0.3, 0.4) is 0 Å². The molecule has 2 saturated heterocycles. The van der Waals surface area contributed by atoms with E-state index >= 15 is 0 Å². The van der Waals surface area contributed by atoms with Crippen molar-refractivity contribution >= 4 is 17.3 Å². The minimum Gasteiger partial charge on any atom is -0.493 e. The van der Waals surface area contributed by atoms with Crippen LogP contribution in [0.5, 0.6) is 11.5 Å². The standard InChI is InChI=1S/C24H29N3O7/c1-31-21-6-3-17(15-22(21)32-2)7-10-25-23(28)18-4-5-19(20(16-18)27(29)30)26-11-8-24(9-12-26)33-13-14-34-24/h3-6,15-16H,7-14H2,1-2H3,(H,25,28). The Balaban J connectivity index is 1.39. The number of rotatable bonds is 8. The van der Waals surface area contributed by atoms with Gasteiger partial charge in [0.2, 0.25) is 0 Å². The van der Waals surface area contributed by atoms with Gasteiger partial charge < -0.3 is 29.2 Å². The first-order chi connectivity index (χ1) is 16.4. The van der Waals surface area contributed by atoms with Gasteiger partial charge in [0.25, 0.3) is 11.6 Å². The van der Waals surface area contributed by atoms with E-state index in [9.17, 15) is 14.9 Å². The number of carbonyl (C=O) groups is 1. The molecule has 0 radical (unpaired) electrons. The van der Waals surface area contributed by atoms with Gasteiger partial charge in [-0.05, 0) is 36.2 Å². The summed E-state index contributed by atoms with van der Waals surface area (Å²) in [6, 6.07) is 10.2. The first kappa shape index (κ1) is 23.8. The van der Waals surface area contributed by atoms with Crippen molar-refractivity contribution in [2.45, 2.75) is 25.0 Å². The van der Waals surface area contributed by atoms with E-state index in [2.05, 4.69) is 5.32 Å².